The molecule has 128 valence electrons. The molecule has 2 aromatic carbocycles. The lowest BCUT2D eigenvalue weighted by Gasteiger charge is -2.08. The number of carbonyl (C=O) groups excluding carboxylic acids is 3. The molecule has 2 aromatic rings. The fourth-order valence-corrected chi connectivity index (χ4v) is 2.00. The molecule has 0 aliphatic heterocycles. The summed E-state index contributed by atoms with van der Waals surface area (Å²) in [5.74, 6) is -1.86. The zero-order valence-corrected chi connectivity index (χ0v) is 13.1. The summed E-state index contributed by atoms with van der Waals surface area (Å²) in [6.45, 7) is 0.00911. The first-order chi connectivity index (χ1) is 12.0. The maximum absolute atomic E-state index is 12.1. The van der Waals surface area contributed by atoms with Gasteiger partial charge in [0.15, 0.2) is 0 Å². The molecule has 0 atom stereocenters. The van der Waals surface area contributed by atoms with Crippen LogP contribution in [0.1, 0.15) is 27.1 Å². The van der Waals surface area contributed by atoms with Gasteiger partial charge in [-0.15, -0.1) is 4.91 Å². The summed E-state index contributed by atoms with van der Waals surface area (Å²) in [6, 6.07) is 12.2. The van der Waals surface area contributed by atoms with Gasteiger partial charge in [0, 0.05) is 29.4 Å². The van der Waals surface area contributed by atoms with Gasteiger partial charge < -0.3 is 15.7 Å². The minimum atomic E-state index is -0.831. The first kappa shape index (κ1) is 17.8. The molecule has 0 aromatic heterocycles. The zero-order valence-electron chi connectivity index (χ0n) is 13.1. The number of carbonyl (C=O) groups is 3. The summed E-state index contributed by atoms with van der Waals surface area (Å²) < 4.78 is 0. The van der Waals surface area contributed by atoms with E-state index in [2.05, 4.69) is 15.8 Å². The summed E-state index contributed by atoms with van der Waals surface area (Å²) >= 11 is 0. The van der Waals surface area contributed by atoms with Gasteiger partial charge in [0.1, 0.15) is 5.75 Å². The lowest BCUT2D eigenvalue weighted by Crippen LogP contribution is -2.25. The number of nitrogens with one attached hydrogen (secondary N) is 2. The predicted octanol–water partition coefficient (Wildman–Crippen LogP) is 2.06. The Bertz CT molecular complexity index is 802. The van der Waals surface area contributed by atoms with Crippen molar-refractivity contribution < 1.29 is 19.5 Å². The molecule has 25 heavy (non-hydrogen) atoms. The number of hydrogen-bond acceptors (Lipinski definition) is 5. The van der Waals surface area contributed by atoms with Gasteiger partial charge in [0.05, 0.1) is 5.56 Å². The molecule has 0 heterocycles. The number of benzene rings is 2. The van der Waals surface area contributed by atoms with Gasteiger partial charge in [-0.05, 0) is 36.4 Å². The Kier molecular flexibility index (Phi) is 5.94. The Hall–Kier alpha value is -3.55. The molecule has 0 saturated heterocycles. The number of nitroso groups, excluding NO2 is 1. The van der Waals surface area contributed by atoms with Gasteiger partial charge in [-0.3, -0.25) is 14.4 Å². The number of anilines is 1. The number of phenols is 1. The van der Waals surface area contributed by atoms with Crippen LogP contribution in [0.3, 0.4) is 0 Å². The lowest BCUT2D eigenvalue weighted by molar-refractivity contribution is -0.117. The molecule has 0 bridgehead atoms. The summed E-state index contributed by atoms with van der Waals surface area (Å²) in [4.78, 5) is 44.6. The van der Waals surface area contributed by atoms with Crippen LogP contribution in [0.2, 0.25) is 0 Å². The van der Waals surface area contributed by atoms with Crippen LogP contribution in [0, 0.1) is 4.91 Å². The smallest absolute Gasteiger partial charge is 0.288 e. The van der Waals surface area contributed by atoms with Crippen LogP contribution in [-0.2, 0) is 4.79 Å². The van der Waals surface area contributed by atoms with Gasteiger partial charge >= 0.3 is 0 Å². The SMILES string of the molecule is O=NC(=O)CCNC(=O)c1ccc(NC(=O)c2ccccc2O)cc1. The normalized spacial score (nSPS) is 9.92. The predicted molar refractivity (Wildman–Crippen MR) is 90.3 cm³/mol. The molecule has 0 fully saturated rings. The average Bonchev–Trinajstić information content (AvgIpc) is 2.62. The van der Waals surface area contributed by atoms with Crippen LogP contribution in [0.5, 0.6) is 5.75 Å². The third kappa shape index (κ3) is 4.96. The van der Waals surface area contributed by atoms with Crippen molar-refractivity contribution in [3.05, 3.63) is 64.6 Å². The molecule has 8 heteroatoms. The van der Waals surface area contributed by atoms with Crippen molar-refractivity contribution in [2.24, 2.45) is 5.18 Å². The van der Waals surface area contributed by atoms with Crippen LogP contribution < -0.4 is 10.6 Å². The van der Waals surface area contributed by atoms with Crippen molar-refractivity contribution in [2.75, 3.05) is 11.9 Å². The van der Waals surface area contributed by atoms with Crippen LogP contribution in [0.25, 0.3) is 0 Å². The minimum absolute atomic E-state index is 0.00911. The quantitative estimate of drug-likeness (QED) is 0.694. The van der Waals surface area contributed by atoms with Gasteiger partial charge in [0.25, 0.3) is 17.7 Å². The number of phenolic OH excluding ortho intramolecular Hbond substituents is 1. The summed E-state index contributed by atoms with van der Waals surface area (Å²) in [5.41, 5.74) is 0.912. The largest absolute Gasteiger partial charge is 0.507 e. The van der Waals surface area contributed by atoms with Crippen molar-refractivity contribution in [1.82, 2.24) is 5.32 Å². The van der Waals surface area contributed by atoms with Gasteiger partial charge in [0.2, 0.25) is 0 Å². The van der Waals surface area contributed by atoms with E-state index in [0.717, 1.165) is 0 Å². The molecule has 0 saturated carbocycles. The van der Waals surface area contributed by atoms with Gasteiger partial charge in [-0.2, -0.15) is 0 Å². The molecule has 0 radical (unpaired) electrons. The zero-order chi connectivity index (χ0) is 18.2. The molecule has 2 rings (SSSR count). The van der Waals surface area contributed by atoms with Crippen LogP contribution in [-0.4, -0.2) is 29.4 Å². The van der Waals surface area contributed by atoms with E-state index >= 15 is 0 Å². The molecule has 8 nitrogen and oxygen atoms in total. The highest BCUT2D eigenvalue weighted by Crippen LogP contribution is 2.18. The number of hydrogen-bond donors (Lipinski definition) is 3. The van der Waals surface area contributed by atoms with Crippen molar-refractivity contribution >= 4 is 23.4 Å². The Balaban J connectivity index is 1.94. The van der Waals surface area contributed by atoms with E-state index in [0.29, 0.717) is 11.3 Å². The first-order valence-corrected chi connectivity index (χ1v) is 7.35. The van der Waals surface area contributed by atoms with Crippen LogP contribution in [0.4, 0.5) is 5.69 Å². The highest BCUT2D eigenvalue weighted by Gasteiger charge is 2.11. The summed E-state index contributed by atoms with van der Waals surface area (Å²) in [5, 5.41) is 17.0. The molecule has 0 aliphatic carbocycles. The van der Waals surface area contributed by atoms with E-state index < -0.39 is 17.7 Å². The number of amides is 3. The highest BCUT2D eigenvalue weighted by atomic mass is 16.3. The number of aromatic hydroxyl groups is 1. The Morgan fingerprint density at radius 3 is 2.28 bits per heavy atom. The molecule has 3 N–H and O–H groups in total. The second-order valence-electron chi connectivity index (χ2n) is 5.04. The van der Waals surface area contributed by atoms with Crippen molar-refractivity contribution in [3.63, 3.8) is 0 Å². The average molecular weight is 341 g/mol. The van der Waals surface area contributed by atoms with Crippen molar-refractivity contribution in [2.45, 2.75) is 6.42 Å². The molecule has 0 spiro atoms. The monoisotopic (exact) mass is 341 g/mol. The molecule has 0 aliphatic rings. The Labute approximate surface area is 142 Å². The molecule has 0 unspecified atom stereocenters. The standard InChI is InChI=1S/C17H15N3O5/c21-14-4-2-1-3-13(14)17(24)19-12-7-5-11(6-8-12)16(23)18-10-9-15(22)20-25/h1-8,21H,9-10H2,(H,18,23)(H,19,24). The molecule has 3 amide bonds. The van der Waals surface area contributed by atoms with E-state index in [9.17, 15) is 24.4 Å². The van der Waals surface area contributed by atoms with Gasteiger partial charge in [-0.1, -0.05) is 12.1 Å². The summed E-state index contributed by atoms with van der Waals surface area (Å²) in [6.07, 6.45) is -0.163. The highest BCUT2D eigenvalue weighted by molar-refractivity contribution is 6.06. The van der Waals surface area contributed by atoms with Crippen LogP contribution >= 0.6 is 0 Å². The first-order valence-electron chi connectivity index (χ1n) is 7.35. The molecular formula is C17H15N3O5. The maximum Gasteiger partial charge on any atom is 0.288 e. The maximum atomic E-state index is 12.1. The van der Waals surface area contributed by atoms with E-state index in [-0.39, 0.29) is 24.3 Å². The van der Waals surface area contributed by atoms with E-state index in [1.165, 1.54) is 36.4 Å². The van der Waals surface area contributed by atoms with E-state index in [1.807, 2.05) is 0 Å². The Morgan fingerprint density at radius 2 is 1.64 bits per heavy atom. The molecular weight excluding hydrogens is 326 g/mol. The summed E-state index contributed by atoms with van der Waals surface area (Å²) in [7, 11) is 0. The fourth-order valence-electron chi connectivity index (χ4n) is 2.00. The van der Waals surface area contributed by atoms with E-state index in [1.54, 1.807) is 12.1 Å². The third-order valence-corrected chi connectivity index (χ3v) is 3.28. The van der Waals surface area contributed by atoms with Crippen molar-refractivity contribution in [1.29, 1.82) is 0 Å². The van der Waals surface area contributed by atoms with Gasteiger partial charge in [-0.25, -0.2) is 0 Å². The topological polar surface area (TPSA) is 125 Å². The third-order valence-electron chi connectivity index (χ3n) is 3.28. The van der Waals surface area contributed by atoms with E-state index in [4.69, 9.17) is 0 Å². The minimum Gasteiger partial charge on any atom is -0.507 e. The number of para-hydroxylation sites is 1. The second kappa shape index (κ2) is 8.34. The fraction of sp³-hybridized carbons (Fsp3) is 0.118. The van der Waals surface area contributed by atoms with Crippen molar-refractivity contribution in [3.8, 4) is 5.75 Å². The van der Waals surface area contributed by atoms with Crippen LogP contribution in [0.15, 0.2) is 53.7 Å². The second-order valence-corrected chi connectivity index (χ2v) is 5.04. The number of rotatable bonds is 6. The number of nitrogens with zero attached hydrogens (tertiary/aromatic N) is 1. The Morgan fingerprint density at radius 1 is 0.960 bits per heavy atom. The lowest BCUT2D eigenvalue weighted by atomic mass is 10.1.